The number of nitrogens with zero attached hydrogens (tertiary/aromatic N) is 1. The number of hydrogen-bond acceptors (Lipinski definition) is 6. The molecule has 1 amide bonds. The topological polar surface area (TPSA) is 58.6 Å². The van der Waals surface area contributed by atoms with Crippen molar-refractivity contribution in [3.05, 3.63) is 42.8 Å². The third-order valence-electron chi connectivity index (χ3n) is 7.58. The Balaban J connectivity index is 2.55. The molecule has 0 aliphatic carbocycles. The van der Waals surface area contributed by atoms with Crippen LogP contribution in [0.15, 0.2) is 12.1 Å². The maximum atomic E-state index is 12.9. The van der Waals surface area contributed by atoms with Gasteiger partial charge in [-0.1, -0.05) is 69.2 Å². The summed E-state index contributed by atoms with van der Waals surface area (Å²) >= 11 is 3.64. The second kappa shape index (κ2) is 11.8. The molecule has 0 saturated carbocycles. The van der Waals surface area contributed by atoms with Gasteiger partial charge in [0.15, 0.2) is 0 Å². The van der Waals surface area contributed by atoms with Gasteiger partial charge in [-0.05, 0) is 48.2 Å². The van der Waals surface area contributed by atoms with E-state index < -0.39 is 0 Å². The Hall–Kier alpha value is -1.70. The molecule has 0 spiro atoms. The molecule has 5 nitrogen and oxygen atoms in total. The molecular weight excluding hydrogens is 512 g/mol. The molecule has 0 bridgehead atoms. The Morgan fingerprint density at radius 3 is 1.82 bits per heavy atom. The van der Waals surface area contributed by atoms with Gasteiger partial charge in [0.25, 0.3) is 0 Å². The fourth-order valence-corrected chi connectivity index (χ4v) is 7.43. The summed E-state index contributed by atoms with van der Waals surface area (Å²) in [6.45, 7) is 23.9. The van der Waals surface area contributed by atoms with E-state index in [2.05, 4.69) is 91.6 Å². The summed E-state index contributed by atoms with van der Waals surface area (Å²) in [5.74, 6) is -0.154. The zero-order valence-electron chi connectivity index (χ0n) is 26.0. The molecule has 2 heterocycles. The number of likely N-dealkylation sites (N-methyl/N-ethyl adjacent to an activating group) is 1. The van der Waals surface area contributed by atoms with E-state index >= 15 is 0 Å². The van der Waals surface area contributed by atoms with Crippen molar-refractivity contribution >= 4 is 34.6 Å². The van der Waals surface area contributed by atoms with Crippen LogP contribution < -0.4 is 5.32 Å². The van der Waals surface area contributed by atoms with Gasteiger partial charge in [-0.15, -0.1) is 22.7 Å². The van der Waals surface area contributed by atoms with Gasteiger partial charge in [-0.25, -0.2) is 0 Å². The van der Waals surface area contributed by atoms with Crippen LogP contribution >= 0.6 is 22.7 Å². The highest BCUT2D eigenvalue weighted by Gasteiger charge is 2.44. The van der Waals surface area contributed by atoms with Crippen LogP contribution in [0.4, 0.5) is 0 Å². The highest BCUT2D eigenvalue weighted by atomic mass is 32.1. The van der Waals surface area contributed by atoms with Crippen molar-refractivity contribution in [1.29, 1.82) is 0 Å². The van der Waals surface area contributed by atoms with Crippen molar-refractivity contribution < 1.29 is 14.3 Å². The van der Waals surface area contributed by atoms with Crippen LogP contribution in [0.25, 0.3) is 0 Å². The molecule has 2 aromatic rings. The van der Waals surface area contributed by atoms with Crippen LogP contribution in [-0.2, 0) is 48.8 Å². The summed E-state index contributed by atoms with van der Waals surface area (Å²) in [6, 6.07) is 4.46. The summed E-state index contributed by atoms with van der Waals surface area (Å²) in [7, 11) is 5.47. The van der Waals surface area contributed by atoms with E-state index in [9.17, 15) is 9.59 Å². The lowest BCUT2D eigenvalue weighted by atomic mass is 9.65. The maximum absolute atomic E-state index is 12.9. The minimum Gasteiger partial charge on any atom is -0.469 e. The number of ether oxygens (including phenoxy) is 1. The van der Waals surface area contributed by atoms with Crippen LogP contribution in [-0.4, -0.2) is 51.1 Å². The Morgan fingerprint density at radius 2 is 1.32 bits per heavy atom. The number of nitrogens with one attached hydrogen (secondary N) is 1. The standard InChI is InChI=1S/C31H50N2O3S2/c1-28(2,3)22-16-21(19-25(35)36-13)27(37-22)31(9,10)30(7,8)23-17-20(26(38-23)29(4,5)6)18-24(34)32-14-15-33(11)12/h16-17H,14-15,18-19H2,1-13H3,(H,32,34). The van der Waals surface area contributed by atoms with Gasteiger partial charge in [-0.2, -0.15) is 0 Å². The number of rotatable bonds is 10. The molecule has 38 heavy (non-hydrogen) atoms. The second-order valence-electron chi connectivity index (χ2n) is 13.8. The Morgan fingerprint density at radius 1 is 0.789 bits per heavy atom. The van der Waals surface area contributed by atoms with Gasteiger partial charge in [0, 0.05) is 43.4 Å². The van der Waals surface area contributed by atoms with Crippen molar-refractivity contribution in [2.45, 2.75) is 104 Å². The number of hydrogen-bond donors (Lipinski definition) is 1. The summed E-state index contributed by atoms with van der Waals surface area (Å²) in [5.41, 5.74) is 1.57. The number of methoxy groups -OCH3 is 1. The number of carbonyl (C=O) groups excluding carboxylic acids is 2. The van der Waals surface area contributed by atoms with E-state index in [1.54, 1.807) is 0 Å². The quantitative estimate of drug-likeness (QED) is 0.332. The molecule has 0 unspecified atom stereocenters. The van der Waals surface area contributed by atoms with Crippen LogP contribution in [0.3, 0.4) is 0 Å². The monoisotopic (exact) mass is 562 g/mol. The van der Waals surface area contributed by atoms with Gasteiger partial charge in [0.2, 0.25) is 5.91 Å². The first-order valence-electron chi connectivity index (χ1n) is 13.5. The third-order valence-corrected chi connectivity index (χ3v) is 11.4. The minimum absolute atomic E-state index is 0.0105. The smallest absolute Gasteiger partial charge is 0.310 e. The summed E-state index contributed by atoms with van der Waals surface area (Å²) in [4.78, 5) is 32.3. The molecule has 0 fully saturated rings. The first-order valence-corrected chi connectivity index (χ1v) is 15.1. The maximum Gasteiger partial charge on any atom is 0.310 e. The molecule has 2 rings (SSSR count). The van der Waals surface area contributed by atoms with Crippen molar-refractivity contribution in [1.82, 2.24) is 10.2 Å². The number of amides is 1. The van der Waals surface area contributed by atoms with E-state index in [4.69, 9.17) is 4.74 Å². The second-order valence-corrected chi connectivity index (χ2v) is 15.9. The predicted octanol–water partition coefficient (Wildman–Crippen LogP) is 6.60. The number of carbonyl (C=O) groups is 2. The van der Waals surface area contributed by atoms with Crippen LogP contribution in [0, 0.1) is 0 Å². The Bertz CT molecular complexity index is 1130. The van der Waals surface area contributed by atoms with E-state index in [0.717, 1.165) is 17.7 Å². The van der Waals surface area contributed by atoms with Gasteiger partial charge in [0.1, 0.15) is 0 Å². The fraction of sp³-hybridized carbons (Fsp3) is 0.677. The molecule has 2 aromatic heterocycles. The first-order chi connectivity index (χ1) is 17.2. The average molecular weight is 563 g/mol. The molecule has 0 aliphatic heterocycles. The van der Waals surface area contributed by atoms with E-state index in [1.807, 2.05) is 36.8 Å². The molecule has 214 valence electrons. The van der Waals surface area contributed by atoms with Crippen molar-refractivity contribution in [3.8, 4) is 0 Å². The molecule has 0 radical (unpaired) electrons. The van der Waals surface area contributed by atoms with Crippen molar-refractivity contribution in [3.63, 3.8) is 0 Å². The van der Waals surface area contributed by atoms with Crippen molar-refractivity contribution in [2.24, 2.45) is 0 Å². The normalized spacial score (nSPS) is 13.2. The zero-order chi connectivity index (χ0) is 29.3. The minimum atomic E-state index is -0.268. The average Bonchev–Trinajstić information content (AvgIpc) is 3.38. The molecule has 0 aromatic carbocycles. The largest absolute Gasteiger partial charge is 0.469 e. The highest BCUT2D eigenvalue weighted by Crippen LogP contribution is 2.52. The first kappa shape index (κ1) is 32.5. The molecule has 0 atom stereocenters. The van der Waals surface area contributed by atoms with Gasteiger partial charge in [0.05, 0.1) is 20.0 Å². The van der Waals surface area contributed by atoms with Crippen LogP contribution in [0.2, 0.25) is 0 Å². The molecule has 1 N–H and O–H groups in total. The lowest BCUT2D eigenvalue weighted by molar-refractivity contribution is -0.139. The Labute approximate surface area is 239 Å². The fourth-order valence-electron chi connectivity index (χ4n) is 4.44. The lowest BCUT2D eigenvalue weighted by Gasteiger charge is -2.41. The van der Waals surface area contributed by atoms with Gasteiger partial charge >= 0.3 is 5.97 Å². The van der Waals surface area contributed by atoms with Gasteiger partial charge in [-0.3, -0.25) is 9.59 Å². The molecular formula is C31H50N2O3S2. The zero-order valence-corrected chi connectivity index (χ0v) is 27.6. The summed E-state index contributed by atoms with van der Waals surface area (Å²) in [6.07, 6.45) is 0.655. The number of thiophene rings is 2. The van der Waals surface area contributed by atoms with Crippen LogP contribution in [0.1, 0.15) is 99.9 Å². The SMILES string of the molecule is COC(=O)Cc1cc(C(C)(C)C)sc1C(C)(C)C(C)(C)c1cc(CC(=O)NCCN(C)C)c(C(C)(C)C)s1. The molecule has 0 saturated heterocycles. The summed E-state index contributed by atoms with van der Waals surface area (Å²) < 4.78 is 5.05. The van der Waals surface area contributed by atoms with Crippen LogP contribution in [0.5, 0.6) is 0 Å². The van der Waals surface area contributed by atoms with E-state index in [0.29, 0.717) is 13.0 Å². The Kier molecular flexibility index (Phi) is 10.1. The predicted molar refractivity (Wildman–Crippen MR) is 163 cm³/mol. The van der Waals surface area contributed by atoms with Crippen molar-refractivity contribution in [2.75, 3.05) is 34.3 Å². The molecule has 0 aliphatic rings. The van der Waals surface area contributed by atoms with Gasteiger partial charge < -0.3 is 15.0 Å². The van der Waals surface area contributed by atoms with E-state index in [-0.39, 0.29) is 40.0 Å². The number of esters is 1. The summed E-state index contributed by atoms with van der Waals surface area (Å²) in [5, 5.41) is 3.08. The highest BCUT2D eigenvalue weighted by molar-refractivity contribution is 7.13. The van der Waals surface area contributed by atoms with E-state index in [1.165, 1.54) is 26.6 Å². The molecule has 7 heteroatoms. The third kappa shape index (κ3) is 7.48. The lowest BCUT2D eigenvalue weighted by Crippen LogP contribution is -2.40.